The third-order valence-corrected chi connectivity index (χ3v) is 6.12. The van der Waals surface area contributed by atoms with E-state index < -0.39 is 0 Å². The highest BCUT2D eigenvalue weighted by Crippen LogP contribution is 2.28. The molecule has 0 N–H and O–H groups in total. The Morgan fingerprint density at radius 2 is 1.87 bits per heavy atom. The smallest absolute Gasteiger partial charge is 0.224 e. The fourth-order valence-electron chi connectivity index (χ4n) is 4.53. The van der Waals surface area contributed by atoms with Crippen LogP contribution in [-0.4, -0.2) is 56.7 Å². The van der Waals surface area contributed by atoms with Crippen LogP contribution in [0.3, 0.4) is 0 Å². The highest BCUT2D eigenvalue weighted by molar-refractivity contribution is 5.86. The van der Waals surface area contributed by atoms with E-state index in [1.807, 2.05) is 13.8 Å². The first kappa shape index (κ1) is 19.3. The molecule has 2 aliphatic heterocycles. The average molecular weight is 407 g/mol. The first-order chi connectivity index (χ1) is 14.7. The third kappa shape index (κ3) is 3.86. The van der Waals surface area contributed by atoms with Gasteiger partial charge in [-0.25, -0.2) is 15.0 Å². The van der Waals surface area contributed by atoms with Gasteiger partial charge in [0, 0.05) is 50.3 Å². The van der Waals surface area contributed by atoms with Crippen LogP contribution in [0.4, 0.5) is 5.69 Å². The van der Waals surface area contributed by atoms with Crippen LogP contribution in [-0.2, 0) is 19.5 Å². The number of hydrogen-bond acceptors (Lipinski definition) is 6. The summed E-state index contributed by atoms with van der Waals surface area (Å²) in [6.07, 6.45) is 7.49. The molecule has 0 bridgehead atoms. The van der Waals surface area contributed by atoms with Crippen molar-refractivity contribution in [2.45, 2.75) is 52.3 Å². The number of nitrogens with zero attached hydrogens (tertiary/aromatic N) is 6. The molecule has 2 aliphatic rings. The average Bonchev–Trinajstić information content (AvgIpc) is 3.17. The van der Waals surface area contributed by atoms with Crippen LogP contribution >= 0.6 is 0 Å². The molecule has 0 saturated carbocycles. The Hall–Kier alpha value is -2.67. The van der Waals surface area contributed by atoms with E-state index in [4.69, 9.17) is 9.72 Å². The zero-order chi connectivity index (χ0) is 20.5. The van der Waals surface area contributed by atoms with Crippen LogP contribution in [0.15, 0.2) is 30.7 Å². The molecule has 1 fully saturated rings. The number of benzene rings is 1. The summed E-state index contributed by atoms with van der Waals surface area (Å²) >= 11 is 0. The van der Waals surface area contributed by atoms with Crippen molar-refractivity contribution in [3.63, 3.8) is 0 Å². The number of imidazole rings is 1. The Bertz CT molecular complexity index is 1020. The molecule has 0 radical (unpaired) electrons. The summed E-state index contributed by atoms with van der Waals surface area (Å²) in [6, 6.07) is 6.41. The number of ether oxygens (including phenoxy) is 1. The molecule has 3 aromatic rings. The molecular weight excluding hydrogens is 376 g/mol. The number of rotatable bonds is 5. The number of piperazine rings is 1. The fraction of sp³-hybridized carbons (Fsp3) is 0.522. The second-order valence-corrected chi connectivity index (χ2v) is 8.58. The van der Waals surface area contributed by atoms with Gasteiger partial charge >= 0.3 is 0 Å². The molecule has 1 saturated heterocycles. The highest BCUT2D eigenvalue weighted by Gasteiger charge is 2.21. The van der Waals surface area contributed by atoms with E-state index in [0.29, 0.717) is 5.88 Å². The van der Waals surface area contributed by atoms with Crippen molar-refractivity contribution < 1.29 is 4.74 Å². The molecule has 0 amide bonds. The quantitative estimate of drug-likeness (QED) is 0.648. The number of fused-ring (bicyclic) bond motifs is 2. The van der Waals surface area contributed by atoms with Crippen LogP contribution in [0.2, 0.25) is 0 Å². The van der Waals surface area contributed by atoms with E-state index in [1.165, 1.54) is 36.5 Å². The highest BCUT2D eigenvalue weighted by atomic mass is 16.5. The van der Waals surface area contributed by atoms with E-state index in [0.717, 1.165) is 50.2 Å². The van der Waals surface area contributed by atoms with Crippen LogP contribution in [0.1, 0.15) is 38.2 Å². The third-order valence-electron chi connectivity index (χ3n) is 6.12. The van der Waals surface area contributed by atoms with Crippen molar-refractivity contribution in [2.24, 2.45) is 0 Å². The van der Waals surface area contributed by atoms with E-state index in [9.17, 15) is 0 Å². The van der Waals surface area contributed by atoms with Gasteiger partial charge in [-0.2, -0.15) is 0 Å². The Labute approximate surface area is 177 Å². The molecule has 7 nitrogen and oxygen atoms in total. The van der Waals surface area contributed by atoms with E-state index >= 15 is 0 Å². The lowest BCUT2D eigenvalue weighted by atomic mass is 10.1. The molecule has 0 atom stereocenters. The normalized spacial score (nSPS) is 17.5. The maximum absolute atomic E-state index is 5.90. The number of aryl methyl sites for hydroxylation is 1. The van der Waals surface area contributed by atoms with Gasteiger partial charge in [-0.15, -0.1) is 0 Å². The Morgan fingerprint density at radius 3 is 2.70 bits per heavy atom. The molecule has 0 aliphatic carbocycles. The lowest BCUT2D eigenvalue weighted by Crippen LogP contribution is -2.46. The van der Waals surface area contributed by atoms with Gasteiger partial charge in [0.15, 0.2) is 0 Å². The first-order valence-corrected chi connectivity index (χ1v) is 11.1. The van der Waals surface area contributed by atoms with E-state index in [-0.39, 0.29) is 6.10 Å². The Kier molecular flexibility index (Phi) is 5.29. The lowest BCUT2D eigenvalue weighted by Gasteiger charge is -2.36. The standard InChI is InChI=1S/C23H30N6O/c1-17(2)30-23-20-13-18(6-7-21(20)25-16-26-23)28-11-9-27(10-12-28)15-22-24-14-19-5-3-4-8-29(19)22/h6-7,13-14,16-17H,3-5,8-12,15H2,1-2H3. The van der Waals surface area contributed by atoms with Crippen molar-refractivity contribution in [1.29, 1.82) is 0 Å². The zero-order valence-corrected chi connectivity index (χ0v) is 17.9. The summed E-state index contributed by atoms with van der Waals surface area (Å²) < 4.78 is 8.34. The molecule has 30 heavy (non-hydrogen) atoms. The van der Waals surface area contributed by atoms with Crippen molar-refractivity contribution in [3.8, 4) is 5.88 Å². The first-order valence-electron chi connectivity index (χ1n) is 11.1. The van der Waals surface area contributed by atoms with Crippen LogP contribution in [0.25, 0.3) is 10.9 Å². The molecule has 0 unspecified atom stereocenters. The van der Waals surface area contributed by atoms with Gasteiger partial charge in [-0.3, -0.25) is 4.90 Å². The number of anilines is 1. The predicted octanol–water partition coefficient (Wildman–Crippen LogP) is 3.27. The van der Waals surface area contributed by atoms with Crippen LogP contribution < -0.4 is 9.64 Å². The largest absolute Gasteiger partial charge is 0.474 e. The maximum atomic E-state index is 5.90. The van der Waals surface area contributed by atoms with E-state index in [2.05, 4.69) is 48.7 Å². The van der Waals surface area contributed by atoms with Crippen molar-refractivity contribution in [2.75, 3.05) is 31.1 Å². The minimum atomic E-state index is 0.0868. The Balaban J connectivity index is 1.27. The maximum Gasteiger partial charge on any atom is 0.224 e. The van der Waals surface area contributed by atoms with E-state index in [1.54, 1.807) is 6.33 Å². The minimum absolute atomic E-state index is 0.0868. The summed E-state index contributed by atoms with van der Waals surface area (Å²) in [7, 11) is 0. The van der Waals surface area contributed by atoms with Gasteiger partial charge in [0.1, 0.15) is 12.2 Å². The van der Waals surface area contributed by atoms with Crippen molar-refractivity contribution in [3.05, 3.63) is 42.2 Å². The van der Waals surface area contributed by atoms with Gasteiger partial charge in [0.05, 0.1) is 23.6 Å². The Morgan fingerprint density at radius 1 is 1.00 bits per heavy atom. The second-order valence-electron chi connectivity index (χ2n) is 8.58. The molecule has 1 aromatic carbocycles. The molecule has 0 spiro atoms. The monoisotopic (exact) mass is 406 g/mol. The molecule has 4 heterocycles. The minimum Gasteiger partial charge on any atom is -0.474 e. The van der Waals surface area contributed by atoms with Gasteiger partial charge in [0.25, 0.3) is 0 Å². The van der Waals surface area contributed by atoms with Gasteiger partial charge in [-0.05, 0) is 51.3 Å². The van der Waals surface area contributed by atoms with Crippen molar-refractivity contribution in [1.82, 2.24) is 24.4 Å². The van der Waals surface area contributed by atoms with Crippen LogP contribution in [0.5, 0.6) is 5.88 Å². The number of aromatic nitrogens is 4. The molecule has 5 rings (SSSR count). The molecule has 158 valence electrons. The summed E-state index contributed by atoms with van der Waals surface area (Å²) in [5.41, 5.74) is 3.54. The molecular formula is C23H30N6O. The predicted molar refractivity (Wildman–Crippen MR) is 118 cm³/mol. The topological polar surface area (TPSA) is 59.3 Å². The number of hydrogen-bond donors (Lipinski definition) is 0. The lowest BCUT2D eigenvalue weighted by molar-refractivity contribution is 0.235. The summed E-state index contributed by atoms with van der Waals surface area (Å²) in [5, 5.41) is 0.982. The summed E-state index contributed by atoms with van der Waals surface area (Å²) in [5.74, 6) is 1.90. The summed E-state index contributed by atoms with van der Waals surface area (Å²) in [6.45, 7) is 10.2. The van der Waals surface area contributed by atoms with Gasteiger partial charge in [-0.1, -0.05) is 0 Å². The van der Waals surface area contributed by atoms with Gasteiger partial charge in [0.2, 0.25) is 5.88 Å². The fourth-order valence-corrected chi connectivity index (χ4v) is 4.53. The zero-order valence-electron chi connectivity index (χ0n) is 17.9. The SMILES string of the molecule is CC(C)Oc1ncnc2ccc(N3CCN(Cc4ncc5n4CCCC5)CC3)cc12. The molecule has 2 aromatic heterocycles. The second kappa shape index (κ2) is 8.22. The summed E-state index contributed by atoms with van der Waals surface area (Å²) in [4.78, 5) is 18.4. The van der Waals surface area contributed by atoms with Gasteiger partial charge < -0.3 is 14.2 Å². The van der Waals surface area contributed by atoms with Crippen molar-refractivity contribution >= 4 is 16.6 Å². The molecule has 7 heteroatoms. The van der Waals surface area contributed by atoms with Crippen LogP contribution in [0, 0.1) is 0 Å².